The molecule has 0 bridgehead atoms. The maximum absolute atomic E-state index is 13.4. The summed E-state index contributed by atoms with van der Waals surface area (Å²) < 4.78 is 10.3. The van der Waals surface area contributed by atoms with Gasteiger partial charge in [-0.3, -0.25) is 14.5 Å². The molecule has 1 aliphatic heterocycles. The Kier molecular flexibility index (Phi) is 7.71. The Labute approximate surface area is 216 Å². The van der Waals surface area contributed by atoms with Crippen LogP contribution >= 0.6 is 11.6 Å². The molecule has 12 heteroatoms. The monoisotopic (exact) mass is 520 g/mol. The lowest BCUT2D eigenvalue weighted by atomic mass is 10.1. The van der Waals surface area contributed by atoms with Crippen LogP contribution in [-0.4, -0.2) is 45.5 Å². The number of aromatic nitrogens is 1. The number of allylic oxidation sites excluding steroid dienone is 1. The van der Waals surface area contributed by atoms with Crippen LogP contribution in [0.2, 0.25) is 5.02 Å². The van der Waals surface area contributed by atoms with Crippen LogP contribution in [0.1, 0.15) is 12.5 Å². The number of ether oxygens (including phenoxy) is 1. The first kappa shape index (κ1) is 25.3. The fraction of sp³-hybridized carbons (Fsp3) is 0.160. The van der Waals surface area contributed by atoms with Gasteiger partial charge in [-0.15, -0.1) is 0 Å². The van der Waals surface area contributed by atoms with Gasteiger partial charge in [-0.05, 0) is 54.0 Å². The summed E-state index contributed by atoms with van der Waals surface area (Å²) in [4.78, 5) is 31.7. The van der Waals surface area contributed by atoms with Crippen molar-refractivity contribution >= 4 is 35.1 Å². The Morgan fingerprint density at radius 3 is 2.59 bits per heavy atom. The summed E-state index contributed by atoms with van der Waals surface area (Å²) in [6.07, 6.45) is 1.40. The first-order valence-corrected chi connectivity index (χ1v) is 11.4. The number of nitriles is 1. The SMILES string of the molecule is C/C(O)=C(/C#N)C(=O)NC1CN=C(Nc2ccc(Oc3ccon3)cc2)N(Cc2ccc(Cl)cc2)C1=O. The number of nitrogens with zero attached hydrogens (tertiary/aromatic N) is 4. The van der Waals surface area contributed by atoms with Crippen molar-refractivity contribution in [1.82, 2.24) is 15.4 Å². The van der Waals surface area contributed by atoms with E-state index >= 15 is 0 Å². The van der Waals surface area contributed by atoms with E-state index < -0.39 is 29.2 Å². The molecular weight excluding hydrogens is 500 g/mol. The average Bonchev–Trinajstić information content (AvgIpc) is 3.39. The molecule has 3 aromatic rings. The maximum atomic E-state index is 13.4. The van der Waals surface area contributed by atoms with Crippen LogP contribution < -0.4 is 15.4 Å². The van der Waals surface area contributed by atoms with E-state index in [-0.39, 0.29) is 19.0 Å². The number of carbonyl (C=O) groups excluding carboxylic acids is 2. The summed E-state index contributed by atoms with van der Waals surface area (Å²) in [5, 5.41) is 28.6. The molecular formula is C25H21ClN6O5. The summed E-state index contributed by atoms with van der Waals surface area (Å²) in [6.45, 7) is 1.29. The van der Waals surface area contributed by atoms with Gasteiger partial charge in [0.1, 0.15) is 29.9 Å². The number of benzene rings is 2. The zero-order valence-electron chi connectivity index (χ0n) is 19.5. The molecule has 4 rings (SSSR count). The van der Waals surface area contributed by atoms with Crippen molar-refractivity contribution in [2.45, 2.75) is 19.5 Å². The van der Waals surface area contributed by atoms with Crippen LogP contribution in [0.15, 0.2) is 81.7 Å². The van der Waals surface area contributed by atoms with E-state index in [0.717, 1.165) is 5.56 Å². The standard InChI is InChI=1S/C25H21ClN6O5/c1-15(33)20(12-27)23(34)30-21-13-28-25(32(24(21)35)14-16-2-4-17(26)5-3-16)29-18-6-8-19(9-7-18)37-22-10-11-36-31-22/h2-11,21,33H,13-14H2,1H3,(H,28,29)(H,30,34)/b20-15+. The third kappa shape index (κ3) is 6.25. The van der Waals surface area contributed by atoms with E-state index in [4.69, 9.17) is 26.1 Å². The fourth-order valence-corrected chi connectivity index (χ4v) is 3.54. The van der Waals surface area contributed by atoms with Crippen LogP contribution in [-0.2, 0) is 16.1 Å². The van der Waals surface area contributed by atoms with Crippen molar-refractivity contribution in [3.05, 3.63) is 82.8 Å². The Balaban J connectivity index is 1.54. The highest BCUT2D eigenvalue weighted by Crippen LogP contribution is 2.23. The average molecular weight is 521 g/mol. The van der Waals surface area contributed by atoms with Crippen molar-refractivity contribution in [3.8, 4) is 17.7 Å². The number of guanidine groups is 1. The first-order chi connectivity index (χ1) is 17.8. The lowest BCUT2D eigenvalue weighted by Crippen LogP contribution is -2.56. The van der Waals surface area contributed by atoms with E-state index in [1.54, 1.807) is 60.7 Å². The zero-order chi connectivity index (χ0) is 26.4. The molecule has 0 aliphatic carbocycles. The summed E-state index contributed by atoms with van der Waals surface area (Å²) in [7, 11) is 0. The third-order valence-corrected chi connectivity index (χ3v) is 5.50. The highest BCUT2D eigenvalue weighted by molar-refractivity contribution is 6.30. The van der Waals surface area contributed by atoms with E-state index in [2.05, 4.69) is 20.8 Å². The largest absolute Gasteiger partial charge is 0.511 e. The summed E-state index contributed by atoms with van der Waals surface area (Å²) in [5.41, 5.74) is 0.936. The van der Waals surface area contributed by atoms with E-state index in [0.29, 0.717) is 22.3 Å². The number of halogens is 1. The minimum Gasteiger partial charge on any atom is -0.511 e. The fourth-order valence-electron chi connectivity index (χ4n) is 3.41. The van der Waals surface area contributed by atoms with Crippen LogP contribution in [0.25, 0.3) is 0 Å². The van der Waals surface area contributed by atoms with Gasteiger partial charge in [-0.1, -0.05) is 23.7 Å². The van der Waals surface area contributed by atoms with E-state index in [1.807, 2.05) is 0 Å². The molecule has 0 spiro atoms. The maximum Gasteiger partial charge on any atom is 0.266 e. The van der Waals surface area contributed by atoms with Crippen molar-refractivity contribution in [2.75, 3.05) is 11.9 Å². The number of aliphatic hydroxyl groups excluding tert-OH is 1. The minimum atomic E-state index is -1.04. The number of anilines is 1. The summed E-state index contributed by atoms with van der Waals surface area (Å²) >= 11 is 5.99. The number of nitrogens with one attached hydrogen (secondary N) is 2. The van der Waals surface area contributed by atoms with Gasteiger partial charge >= 0.3 is 0 Å². The Morgan fingerprint density at radius 2 is 1.97 bits per heavy atom. The normalized spacial score (nSPS) is 15.8. The van der Waals surface area contributed by atoms with Crippen LogP contribution in [0.5, 0.6) is 11.6 Å². The minimum absolute atomic E-state index is 0.0689. The molecule has 37 heavy (non-hydrogen) atoms. The van der Waals surface area contributed by atoms with Gasteiger partial charge in [-0.2, -0.15) is 5.26 Å². The topological polar surface area (TPSA) is 153 Å². The molecule has 1 unspecified atom stereocenters. The van der Waals surface area contributed by atoms with Gasteiger partial charge in [-0.25, -0.2) is 4.99 Å². The third-order valence-electron chi connectivity index (χ3n) is 5.25. The second-order valence-electron chi connectivity index (χ2n) is 7.90. The van der Waals surface area contributed by atoms with Crippen LogP contribution in [0.4, 0.5) is 5.69 Å². The first-order valence-electron chi connectivity index (χ1n) is 11.0. The molecule has 11 nitrogen and oxygen atoms in total. The summed E-state index contributed by atoms with van der Waals surface area (Å²) in [6, 6.07) is 16.0. The molecule has 2 aromatic carbocycles. The Hall–Kier alpha value is -4.82. The number of hydrogen-bond donors (Lipinski definition) is 3. The molecule has 188 valence electrons. The van der Waals surface area contributed by atoms with Gasteiger partial charge in [0.05, 0.1) is 13.1 Å². The molecule has 1 aliphatic rings. The number of hydrogen-bond acceptors (Lipinski definition) is 9. The van der Waals surface area contributed by atoms with Gasteiger partial charge in [0.25, 0.3) is 17.7 Å². The second-order valence-corrected chi connectivity index (χ2v) is 8.34. The highest BCUT2D eigenvalue weighted by atomic mass is 35.5. The second kappa shape index (κ2) is 11.3. The number of rotatable bonds is 7. The van der Waals surface area contributed by atoms with Gasteiger partial charge in [0, 0.05) is 16.8 Å². The highest BCUT2D eigenvalue weighted by Gasteiger charge is 2.34. The molecule has 0 saturated heterocycles. The smallest absolute Gasteiger partial charge is 0.266 e. The van der Waals surface area contributed by atoms with Crippen molar-refractivity contribution in [2.24, 2.45) is 4.99 Å². The van der Waals surface area contributed by atoms with Gasteiger partial charge in [0.15, 0.2) is 5.57 Å². The Bertz CT molecular complexity index is 1370. The number of amides is 2. The predicted octanol–water partition coefficient (Wildman–Crippen LogP) is 3.77. The van der Waals surface area contributed by atoms with Crippen molar-refractivity contribution in [1.29, 1.82) is 5.26 Å². The number of aliphatic imine (C=N–C) groups is 1. The van der Waals surface area contributed by atoms with Crippen LogP contribution in [0, 0.1) is 11.3 Å². The molecule has 0 fully saturated rings. The molecule has 1 aromatic heterocycles. The van der Waals surface area contributed by atoms with Gasteiger partial charge < -0.3 is 25.0 Å². The number of aliphatic hydroxyl groups is 1. The lowest BCUT2D eigenvalue weighted by molar-refractivity contribution is -0.133. The van der Waals surface area contributed by atoms with Gasteiger partial charge in [0.2, 0.25) is 5.96 Å². The summed E-state index contributed by atoms with van der Waals surface area (Å²) in [5.74, 6) is -0.632. The molecule has 2 amide bonds. The Morgan fingerprint density at radius 1 is 1.24 bits per heavy atom. The van der Waals surface area contributed by atoms with Crippen molar-refractivity contribution in [3.63, 3.8) is 0 Å². The van der Waals surface area contributed by atoms with Crippen molar-refractivity contribution < 1.29 is 24.0 Å². The number of carbonyl (C=O) groups is 2. The lowest BCUT2D eigenvalue weighted by Gasteiger charge is -2.32. The zero-order valence-corrected chi connectivity index (χ0v) is 20.3. The molecule has 1 atom stereocenters. The quantitative estimate of drug-likeness (QED) is 0.242. The van der Waals surface area contributed by atoms with E-state index in [1.165, 1.54) is 18.1 Å². The predicted molar refractivity (Wildman–Crippen MR) is 134 cm³/mol. The molecule has 3 N–H and O–H groups in total. The van der Waals surface area contributed by atoms with E-state index in [9.17, 15) is 14.7 Å². The molecule has 0 saturated carbocycles. The molecule has 0 radical (unpaired) electrons. The van der Waals surface area contributed by atoms with Crippen LogP contribution in [0.3, 0.4) is 0 Å². The molecule has 2 heterocycles.